The molecule has 5 nitrogen and oxygen atoms in total. The van der Waals surface area contributed by atoms with Gasteiger partial charge in [0.15, 0.2) is 0 Å². The second-order valence-electron chi connectivity index (χ2n) is 6.44. The van der Waals surface area contributed by atoms with E-state index in [2.05, 4.69) is 5.32 Å². The second-order valence-corrected chi connectivity index (χ2v) is 7.50. The van der Waals surface area contributed by atoms with E-state index in [9.17, 15) is 9.59 Å². The van der Waals surface area contributed by atoms with Crippen LogP contribution in [0.5, 0.6) is 11.5 Å². The number of para-hydroxylation sites is 2. The second kappa shape index (κ2) is 7.48. The van der Waals surface area contributed by atoms with Crippen molar-refractivity contribution in [3.8, 4) is 11.5 Å². The molecule has 2 heterocycles. The van der Waals surface area contributed by atoms with E-state index < -0.39 is 5.92 Å². The molecule has 0 saturated carbocycles. The number of rotatable bonds is 4. The van der Waals surface area contributed by atoms with Gasteiger partial charge in [0.05, 0.1) is 17.5 Å². The summed E-state index contributed by atoms with van der Waals surface area (Å²) in [4.78, 5) is 25.8. The Labute approximate surface area is 166 Å². The third-order valence-electron chi connectivity index (χ3n) is 4.57. The van der Waals surface area contributed by atoms with E-state index in [4.69, 9.17) is 9.47 Å². The molecule has 0 spiro atoms. The maximum atomic E-state index is 13.2. The van der Waals surface area contributed by atoms with Crippen LogP contribution in [-0.4, -0.2) is 18.5 Å². The number of aryl methyl sites for hydroxylation is 1. The molecule has 28 heavy (non-hydrogen) atoms. The molecule has 1 N–H and O–H groups in total. The quantitative estimate of drug-likeness (QED) is 0.626. The fraction of sp³-hybridized carbons (Fsp3) is 0.182. The summed E-state index contributed by atoms with van der Waals surface area (Å²) >= 11 is 1.22. The summed E-state index contributed by atoms with van der Waals surface area (Å²) in [6.07, 6.45) is 0. The summed E-state index contributed by atoms with van der Waals surface area (Å²) in [7, 11) is 0. The first-order valence-electron chi connectivity index (χ1n) is 9.02. The Balaban J connectivity index is 1.66. The zero-order valence-corrected chi connectivity index (χ0v) is 16.3. The van der Waals surface area contributed by atoms with E-state index in [0.29, 0.717) is 28.0 Å². The fourth-order valence-corrected chi connectivity index (χ4v) is 4.30. The lowest BCUT2D eigenvalue weighted by molar-refractivity contribution is -0.116. The Morgan fingerprint density at radius 3 is 2.29 bits per heavy atom. The van der Waals surface area contributed by atoms with Gasteiger partial charge in [-0.25, -0.2) is 4.79 Å². The monoisotopic (exact) mass is 393 g/mol. The van der Waals surface area contributed by atoms with Gasteiger partial charge in [-0.05, 0) is 37.6 Å². The molecule has 1 amide bonds. The summed E-state index contributed by atoms with van der Waals surface area (Å²) in [5.41, 5.74) is 2.42. The fourth-order valence-electron chi connectivity index (χ4n) is 3.33. The Hall–Kier alpha value is -3.12. The topological polar surface area (TPSA) is 64.6 Å². The minimum absolute atomic E-state index is 0.167. The lowest BCUT2D eigenvalue weighted by Gasteiger charge is -2.27. The van der Waals surface area contributed by atoms with Gasteiger partial charge in [-0.1, -0.05) is 36.4 Å². The van der Waals surface area contributed by atoms with E-state index >= 15 is 0 Å². The third-order valence-corrected chi connectivity index (χ3v) is 5.70. The smallest absolute Gasteiger partial charge is 0.348 e. The summed E-state index contributed by atoms with van der Waals surface area (Å²) in [5, 5.41) is 3.59. The maximum Gasteiger partial charge on any atom is 0.348 e. The van der Waals surface area contributed by atoms with Gasteiger partial charge in [0, 0.05) is 11.1 Å². The van der Waals surface area contributed by atoms with Crippen LogP contribution in [0.2, 0.25) is 0 Å². The van der Waals surface area contributed by atoms with Crippen LogP contribution in [0.15, 0.2) is 54.6 Å². The number of ether oxygens (including phenoxy) is 2. The van der Waals surface area contributed by atoms with Crippen LogP contribution >= 0.6 is 11.3 Å². The van der Waals surface area contributed by atoms with Crippen LogP contribution in [0, 0.1) is 6.92 Å². The molecule has 0 saturated heterocycles. The largest absolute Gasteiger partial charge is 0.462 e. The van der Waals surface area contributed by atoms with E-state index in [1.165, 1.54) is 11.3 Å². The molecule has 0 aliphatic carbocycles. The average molecular weight is 393 g/mol. The molecule has 4 rings (SSSR count). The van der Waals surface area contributed by atoms with Crippen LogP contribution in [0.1, 0.15) is 39.2 Å². The summed E-state index contributed by atoms with van der Waals surface area (Å²) in [6, 6.07) is 16.9. The molecule has 1 aromatic heterocycles. The van der Waals surface area contributed by atoms with Crippen LogP contribution in [0.3, 0.4) is 0 Å². The number of carbonyl (C=O) groups excluding carboxylic acids is 2. The van der Waals surface area contributed by atoms with E-state index in [-0.39, 0.29) is 11.9 Å². The normalized spacial score (nSPS) is 12.5. The molecule has 142 valence electrons. The summed E-state index contributed by atoms with van der Waals surface area (Å²) in [5.74, 6) is 0.327. The Morgan fingerprint density at radius 2 is 1.68 bits per heavy atom. The number of anilines is 1. The van der Waals surface area contributed by atoms with Gasteiger partial charge >= 0.3 is 5.97 Å². The van der Waals surface area contributed by atoms with Crippen molar-refractivity contribution in [1.82, 2.24) is 0 Å². The number of hydrogen-bond donors (Lipinski definition) is 1. The molecular formula is C22H19NO4S. The molecule has 2 aromatic carbocycles. The van der Waals surface area contributed by atoms with Crippen molar-refractivity contribution >= 4 is 28.2 Å². The predicted molar refractivity (Wildman–Crippen MR) is 108 cm³/mol. The molecule has 1 aliphatic rings. The molecular weight excluding hydrogens is 374 g/mol. The zero-order valence-electron chi connectivity index (χ0n) is 15.5. The van der Waals surface area contributed by atoms with Crippen LogP contribution < -0.4 is 10.1 Å². The highest BCUT2D eigenvalue weighted by molar-refractivity contribution is 7.18. The molecule has 1 aliphatic heterocycles. The highest BCUT2D eigenvalue weighted by Gasteiger charge is 2.32. The number of amides is 1. The van der Waals surface area contributed by atoms with Gasteiger partial charge in [0.2, 0.25) is 5.91 Å². The van der Waals surface area contributed by atoms with E-state index in [1.54, 1.807) is 13.0 Å². The minimum Gasteiger partial charge on any atom is -0.462 e. The highest BCUT2D eigenvalue weighted by Crippen LogP contribution is 2.44. The molecule has 0 bridgehead atoms. The lowest BCUT2D eigenvalue weighted by Crippen LogP contribution is -2.24. The molecule has 0 atom stereocenters. The zero-order chi connectivity index (χ0) is 19.7. The summed E-state index contributed by atoms with van der Waals surface area (Å²) < 4.78 is 11.0. The Kier molecular flexibility index (Phi) is 4.88. The Bertz CT molecular complexity index is 1010. The molecule has 6 heteroatoms. The van der Waals surface area contributed by atoms with Gasteiger partial charge in [0.25, 0.3) is 0 Å². The molecule has 0 fully saturated rings. The van der Waals surface area contributed by atoms with Gasteiger partial charge in [0.1, 0.15) is 16.4 Å². The van der Waals surface area contributed by atoms with Crippen LogP contribution in [0.4, 0.5) is 5.00 Å². The van der Waals surface area contributed by atoms with Crippen molar-refractivity contribution in [2.45, 2.75) is 19.8 Å². The number of fused-ring (bicyclic) bond motifs is 2. The van der Waals surface area contributed by atoms with Crippen molar-refractivity contribution in [2.24, 2.45) is 0 Å². The number of benzene rings is 2. The van der Waals surface area contributed by atoms with Crippen molar-refractivity contribution in [2.75, 3.05) is 11.9 Å². The first kappa shape index (κ1) is 18.3. The highest BCUT2D eigenvalue weighted by atomic mass is 32.1. The van der Waals surface area contributed by atoms with E-state index in [1.807, 2.05) is 55.5 Å². The molecule has 0 unspecified atom stereocenters. The first-order valence-corrected chi connectivity index (χ1v) is 9.84. The number of carbonyl (C=O) groups is 2. The van der Waals surface area contributed by atoms with Crippen LogP contribution in [-0.2, 0) is 9.53 Å². The van der Waals surface area contributed by atoms with Gasteiger partial charge in [-0.2, -0.15) is 0 Å². The Morgan fingerprint density at radius 1 is 1.07 bits per heavy atom. The maximum absolute atomic E-state index is 13.2. The third kappa shape index (κ3) is 3.27. The van der Waals surface area contributed by atoms with E-state index in [0.717, 1.165) is 16.7 Å². The van der Waals surface area contributed by atoms with Gasteiger partial charge in [-0.15, -0.1) is 11.3 Å². The van der Waals surface area contributed by atoms with Gasteiger partial charge < -0.3 is 14.8 Å². The van der Waals surface area contributed by atoms with Crippen molar-refractivity contribution < 1.29 is 19.1 Å². The van der Waals surface area contributed by atoms with Crippen molar-refractivity contribution in [1.29, 1.82) is 0 Å². The van der Waals surface area contributed by atoms with Crippen molar-refractivity contribution in [3.05, 3.63) is 76.2 Å². The molecule has 3 aromatic rings. The standard InChI is InChI=1S/C22H19NO4S/c1-3-26-22(25)20-13(2)12-18(28-20)23-21(24)19-14-8-4-6-10-16(14)27-17-11-7-5-9-15(17)19/h4-12,19H,3H2,1-2H3,(H,23,24). The average Bonchev–Trinajstić information content (AvgIpc) is 3.06. The van der Waals surface area contributed by atoms with Crippen molar-refractivity contribution in [3.63, 3.8) is 0 Å². The van der Waals surface area contributed by atoms with Crippen LogP contribution in [0.25, 0.3) is 0 Å². The first-order chi connectivity index (χ1) is 13.6. The lowest BCUT2D eigenvalue weighted by atomic mass is 9.87. The van der Waals surface area contributed by atoms with Gasteiger partial charge in [-0.3, -0.25) is 4.79 Å². The number of nitrogens with one attached hydrogen (secondary N) is 1. The summed E-state index contributed by atoms with van der Waals surface area (Å²) in [6.45, 7) is 3.91. The minimum atomic E-state index is -0.491. The molecule has 0 radical (unpaired) electrons. The number of thiophene rings is 1. The number of esters is 1. The number of hydrogen-bond acceptors (Lipinski definition) is 5. The predicted octanol–water partition coefficient (Wildman–Crippen LogP) is 5.11. The SMILES string of the molecule is CCOC(=O)c1sc(NC(=O)C2c3ccccc3Oc3ccccc32)cc1C.